The summed E-state index contributed by atoms with van der Waals surface area (Å²) in [6.07, 6.45) is 0. The summed E-state index contributed by atoms with van der Waals surface area (Å²) in [4.78, 5) is 0.290. The summed E-state index contributed by atoms with van der Waals surface area (Å²) in [6.45, 7) is 7.88. The van der Waals surface area contributed by atoms with Gasteiger partial charge in [-0.2, -0.15) is 4.31 Å². The molecule has 0 saturated heterocycles. The first-order valence-corrected chi connectivity index (χ1v) is 8.89. The summed E-state index contributed by atoms with van der Waals surface area (Å²) < 4.78 is 27.5. The Labute approximate surface area is 129 Å². The van der Waals surface area contributed by atoms with Crippen LogP contribution >= 0.6 is 27.5 Å². The van der Waals surface area contributed by atoms with Crippen molar-refractivity contribution in [2.45, 2.75) is 44.5 Å². The molecule has 0 atom stereocenters. The van der Waals surface area contributed by atoms with Gasteiger partial charge in [0.05, 0.1) is 4.90 Å². The van der Waals surface area contributed by atoms with Crippen LogP contribution in [0.25, 0.3) is 0 Å². The molecule has 108 valence electrons. The van der Waals surface area contributed by atoms with Gasteiger partial charge >= 0.3 is 0 Å². The van der Waals surface area contributed by atoms with Crippen LogP contribution < -0.4 is 0 Å². The van der Waals surface area contributed by atoms with E-state index in [9.17, 15) is 8.42 Å². The standard InChI is InChI=1S/C13H19BrClNO2S/c1-5-16(9(2)3)19(17,18)12-7-11(8-15)6-10(4)13(12)14/h6-7,9H,5,8H2,1-4H3. The molecule has 0 saturated carbocycles. The van der Waals surface area contributed by atoms with Gasteiger partial charge in [-0.3, -0.25) is 0 Å². The molecule has 0 spiro atoms. The molecule has 0 N–H and O–H groups in total. The number of rotatable bonds is 5. The van der Waals surface area contributed by atoms with Crippen LogP contribution in [0.15, 0.2) is 21.5 Å². The number of benzene rings is 1. The minimum absolute atomic E-state index is 0.0816. The van der Waals surface area contributed by atoms with Crippen molar-refractivity contribution in [2.75, 3.05) is 6.54 Å². The average molecular weight is 369 g/mol. The Morgan fingerprint density at radius 1 is 1.37 bits per heavy atom. The van der Waals surface area contributed by atoms with Gasteiger partial charge in [0.25, 0.3) is 0 Å². The van der Waals surface area contributed by atoms with Crippen molar-refractivity contribution < 1.29 is 8.42 Å². The molecular formula is C13H19BrClNO2S. The lowest BCUT2D eigenvalue weighted by Crippen LogP contribution is -2.36. The van der Waals surface area contributed by atoms with E-state index in [2.05, 4.69) is 15.9 Å². The largest absolute Gasteiger partial charge is 0.244 e. The Morgan fingerprint density at radius 3 is 2.37 bits per heavy atom. The lowest BCUT2D eigenvalue weighted by molar-refractivity contribution is 0.369. The van der Waals surface area contributed by atoms with E-state index in [0.717, 1.165) is 11.1 Å². The normalized spacial score (nSPS) is 12.4. The van der Waals surface area contributed by atoms with Gasteiger partial charge in [0.15, 0.2) is 0 Å². The second-order valence-electron chi connectivity index (χ2n) is 4.66. The smallest absolute Gasteiger partial charge is 0.207 e. The lowest BCUT2D eigenvalue weighted by Gasteiger charge is -2.25. The molecule has 0 unspecified atom stereocenters. The SMILES string of the molecule is CCN(C(C)C)S(=O)(=O)c1cc(CCl)cc(C)c1Br. The van der Waals surface area contributed by atoms with Gasteiger partial charge in [0, 0.05) is 22.9 Å². The number of hydrogen-bond acceptors (Lipinski definition) is 2. The van der Waals surface area contributed by atoms with E-state index in [-0.39, 0.29) is 6.04 Å². The Hall–Kier alpha value is -0.100. The highest BCUT2D eigenvalue weighted by atomic mass is 79.9. The van der Waals surface area contributed by atoms with Gasteiger partial charge in [0.1, 0.15) is 0 Å². The van der Waals surface area contributed by atoms with Gasteiger partial charge in [0.2, 0.25) is 10.0 Å². The van der Waals surface area contributed by atoms with Crippen molar-refractivity contribution in [3.05, 3.63) is 27.7 Å². The van der Waals surface area contributed by atoms with Crippen molar-refractivity contribution in [1.29, 1.82) is 0 Å². The van der Waals surface area contributed by atoms with Gasteiger partial charge in [-0.05, 0) is 53.9 Å². The zero-order valence-electron chi connectivity index (χ0n) is 11.6. The predicted molar refractivity (Wildman–Crippen MR) is 83.1 cm³/mol. The second kappa shape index (κ2) is 6.57. The van der Waals surface area contributed by atoms with Gasteiger partial charge in [-0.25, -0.2) is 8.42 Å². The fourth-order valence-corrected chi connectivity index (χ4v) is 4.85. The maximum absolute atomic E-state index is 12.7. The minimum Gasteiger partial charge on any atom is -0.207 e. The van der Waals surface area contributed by atoms with Crippen molar-refractivity contribution in [1.82, 2.24) is 4.31 Å². The van der Waals surface area contributed by atoms with Crippen LogP contribution in [-0.2, 0) is 15.9 Å². The Morgan fingerprint density at radius 2 is 1.95 bits per heavy atom. The highest BCUT2D eigenvalue weighted by molar-refractivity contribution is 9.10. The van der Waals surface area contributed by atoms with Crippen LogP contribution in [0.5, 0.6) is 0 Å². The van der Waals surface area contributed by atoms with Crippen LogP contribution in [0.2, 0.25) is 0 Å². The Bertz CT molecular complexity index is 558. The first-order valence-electron chi connectivity index (χ1n) is 6.12. The number of hydrogen-bond donors (Lipinski definition) is 0. The van der Waals surface area contributed by atoms with Gasteiger partial charge < -0.3 is 0 Å². The number of alkyl halides is 1. The summed E-state index contributed by atoms with van der Waals surface area (Å²) in [7, 11) is -3.51. The molecule has 1 aromatic rings. The summed E-state index contributed by atoms with van der Waals surface area (Å²) in [5.41, 5.74) is 1.68. The summed E-state index contributed by atoms with van der Waals surface area (Å²) in [6, 6.07) is 3.45. The zero-order valence-corrected chi connectivity index (χ0v) is 14.7. The van der Waals surface area contributed by atoms with E-state index < -0.39 is 10.0 Å². The van der Waals surface area contributed by atoms with E-state index in [1.54, 1.807) is 6.07 Å². The summed E-state index contributed by atoms with van der Waals surface area (Å²) in [5.74, 6) is 0.296. The molecule has 0 heterocycles. The molecular weight excluding hydrogens is 350 g/mol. The number of sulfonamides is 1. The van der Waals surface area contributed by atoms with Crippen LogP contribution in [0.4, 0.5) is 0 Å². The summed E-state index contributed by atoms with van der Waals surface area (Å²) in [5, 5.41) is 0. The van der Waals surface area contributed by atoms with E-state index >= 15 is 0 Å². The van der Waals surface area contributed by atoms with Gasteiger partial charge in [-0.1, -0.05) is 13.0 Å². The first kappa shape index (κ1) is 17.0. The van der Waals surface area contributed by atoms with Crippen LogP contribution in [0.1, 0.15) is 31.9 Å². The van der Waals surface area contributed by atoms with Crippen molar-refractivity contribution in [3.8, 4) is 0 Å². The number of halogens is 2. The van der Waals surface area contributed by atoms with Crippen molar-refractivity contribution in [3.63, 3.8) is 0 Å². The molecule has 0 aliphatic heterocycles. The van der Waals surface area contributed by atoms with E-state index in [4.69, 9.17) is 11.6 Å². The maximum atomic E-state index is 12.7. The Balaban J connectivity index is 3.47. The molecule has 0 aliphatic rings. The second-order valence-corrected chi connectivity index (χ2v) is 7.58. The molecule has 1 rings (SSSR count). The molecule has 0 amide bonds. The highest BCUT2D eigenvalue weighted by Gasteiger charge is 2.28. The monoisotopic (exact) mass is 367 g/mol. The van der Waals surface area contributed by atoms with Crippen LogP contribution in [0, 0.1) is 6.92 Å². The fraction of sp³-hybridized carbons (Fsp3) is 0.538. The topological polar surface area (TPSA) is 37.4 Å². The third kappa shape index (κ3) is 3.51. The molecule has 0 fully saturated rings. The molecule has 19 heavy (non-hydrogen) atoms. The predicted octanol–water partition coefficient (Wildman–Crippen LogP) is 3.92. The summed E-state index contributed by atoms with van der Waals surface area (Å²) >= 11 is 9.20. The van der Waals surface area contributed by atoms with E-state index in [1.807, 2.05) is 33.8 Å². The molecule has 0 bridgehead atoms. The van der Waals surface area contributed by atoms with Crippen molar-refractivity contribution in [2.24, 2.45) is 0 Å². The molecule has 0 radical (unpaired) electrons. The average Bonchev–Trinajstić information content (AvgIpc) is 2.32. The van der Waals surface area contributed by atoms with E-state index in [0.29, 0.717) is 21.8 Å². The third-order valence-corrected chi connectivity index (χ3v) is 6.71. The zero-order chi connectivity index (χ0) is 14.8. The molecule has 0 aliphatic carbocycles. The van der Waals surface area contributed by atoms with Crippen LogP contribution in [-0.4, -0.2) is 25.3 Å². The molecule has 0 aromatic heterocycles. The minimum atomic E-state index is -3.51. The highest BCUT2D eigenvalue weighted by Crippen LogP contribution is 2.30. The molecule has 3 nitrogen and oxygen atoms in total. The van der Waals surface area contributed by atoms with E-state index in [1.165, 1.54) is 4.31 Å². The lowest BCUT2D eigenvalue weighted by atomic mass is 10.2. The quantitative estimate of drug-likeness (QED) is 0.739. The maximum Gasteiger partial charge on any atom is 0.244 e. The third-order valence-electron chi connectivity index (χ3n) is 2.91. The fourth-order valence-electron chi connectivity index (χ4n) is 2.01. The number of aryl methyl sites for hydroxylation is 1. The number of nitrogens with zero attached hydrogens (tertiary/aromatic N) is 1. The Kier molecular flexibility index (Phi) is 5.86. The first-order chi connectivity index (χ1) is 8.75. The van der Waals surface area contributed by atoms with Crippen LogP contribution in [0.3, 0.4) is 0 Å². The molecule has 1 aromatic carbocycles. The molecule has 6 heteroatoms. The van der Waals surface area contributed by atoms with Crippen molar-refractivity contribution >= 4 is 37.6 Å². The van der Waals surface area contributed by atoms with Gasteiger partial charge in [-0.15, -0.1) is 11.6 Å².